The molecule has 0 saturated heterocycles. The van der Waals surface area contributed by atoms with Crippen LogP contribution in [0.4, 0.5) is 0 Å². The molecule has 0 aromatic carbocycles. The largest absolute Gasteiger partial charge is 0.482 e. The van der Waals surface area contributed by atoms with E-state index >= 15 is 0 Å². The van der Waals surface area contributed by atoms with Gasteiger partial charge in [-0.25, -0.2) is 0 Å². The second kappa shape index (κ2) is 3.31. The number of hydrogen-bond acceptors (Lipinski definition) is 2. The number of nitrogens with zero attached hydrogens (tertiary/aromatic N) is 1. The first-order valence-electron chi connectivity index (χ1n) is 1.60. The maximum Gasteiger partial charge on any atom is 0.169 e. The standard InChI is InChI=1S/C3H5NO.Ir/c1-2-5-3-4-1;/h3H,1-2H2;. The molecule has 37 valence electrons. The summed E-state index contributed by atoms with van der Waals surface area (Å²) in [6.07, 6.45) is 1.49. The smallest absolute Gasteiger partial charge is 0.169 e. The summed E-state index contributed by atoms with van der Waals surface area (Å²) in [6.45, 7) is 1.62. The molecule has 1 aliphatic rings. The maximum atomic E-state index is 4.65. The molecule has 0 saturated carbocycles. The molecule has 0 spiro atoms. The van der Waals surface area contributed by atoms with Crippen LogP contribution in [0.15, 0.2) is 4.99 Å². The van der Waals surface area contributed by atoms with Gasteiger partial charge in [-0.1, -0.05) is 0 Å². The van der Waals surface area contributed by atoms with Crippen molar-refractivity contribution in [3.8, 4) is 0 Å². The fourth-order valence-electron chi connectivity index (χ4n) is 0.264. The molecular formula is C3H5IrNO. The predicted molar refractivity (Wildman–Crippen MR) is 19.3 cm³/mol. The minimum atomic E-state index is 0. The first kappa shape index (κ1) is 6.12. The Balaban J connectivity index is 0.000000250. The van der Waals surface area contributed by atoms with Crippen LogP contribution in [0.1, 0.15) is 0 Å². The Hall–Kier alpha value is 0.119. The van der Waals surface area contributed by atoms with Crippen molar-refractivity contribution in [1.82, 2.24) is 0 Å². The van der Waals surface area contributed by atoms with E-state index in [-0.39, 0.29) is 20.1 Å². The van der Waals surface area contributed by atoms with E-state index < -0.39 is 0 Å². The summed E-state index contributed by atoms with van der Waals surface area (Å²) in [7, 11) is 0. The van der Waals surface area contributed by atoms with Crippen LogP contribution in [-0.2, 0) is 24.8 Å². The third-order valence-electron chi connectivity index (χ3n) is 0.487. The summed E-state index contributed by atoms with van der Waals surface area (Å²) < 4.78 is 4.65. The quantitative estimate of drug-likeness (QED) is 0.605. The minimum Gasteiger partial charge on any atom is -0.482 e. The summed E-state index contributed by atoms with van der Waals surface area (Å²) in [5.41, 5.74) is 0. The van der Waals surface area contributed by atoms with Crippen molar-refractivity contribution in [3.05, 3.63) is 0 Å². The van der Waals surface area contributed by atoms with E-state index in [1.54, 1.807) is 0 Å². The summed E-state index contributed by atoms with van der Waals surface area (Å²) in [6, 6.07) is 0. The summed E-state index contributed by atoms with van der Waals surface area (Å²) in [4.78, 5) is 3.74. The predicted octanol–water partition coefficient (Wildman–Crippen LogP) is 0.0424. The third kappa shape index (κ3) is 1.53. The Labute approximate surface area is 50.0 Å². The van der Waals surface area contributed by atoms with E-state index in [0.29, 0.717) is 0 Å². The Morgan fingerprint density at radius 2 is 2.50 bits per heavy atom. The Bertz CT molecular complexity index is 48.8. The van der Waals surface area contributed by atoms with Gasteiger partial charge in [-0.3, -0.25) is 4.99 Å². The van der Waals surface area contributed by atoms with Gasteiger partial charge in [0.2, 0.25) is 0 Å². The van der Waals surface area contributed by atoms with Gasteiger partial charge in [-0.2, -0.15) is 0 Å². The molecule has 0 fully saturated rings. The van der Waals surface area contributed by atoms with Gasteiger partial charge in [0, 0.05) is 20.1 Å². The van der Waals surface area contributed by atoms with Crippen molar-refractivity contribution >= 4 is 6.40 Å². The van der Waals surface area contributed by atoms with Crippen molar-refractivity contribution in [3.63, 3.8) is 0 Å². The van der Waals surface area contributed by atoms with Gasteiger partial charge in [0.15, 0.2) is 6.40 Å². The van der Waals surface area contributed by atoms with Crippen LogP contribution >= 0.6 is 0 Å². The van der Waals surface area contributed by atoms with Crippen molar-refractivity contribution in [2.45, 2.75) is 0 Å². The zero-order valence-electron chi connectivity index (χ0n) is 3.18. The van der Waals surface area contributed by atoms with E-state index in [0.717, 1.165) is 13.2 Å². The van der Waals surface area contributed by atoms with Gasteiger partial charge in [0.1, 0.15) is 6.61 Å². The molecule has 0 aromatic rings. The van der Waals surface area contributed by atoms with Gasteiger partial charge in [0.05, 0.1) is 6.54 Å². The molecule has 2 nitrogen and oxygen atoms in total. The topological polar surface area (TPSA) is 21.6 Å². The molecule has 1 aliphatic heterocycles. The average molecular weight is 263 g/mol. The van der Waals surface area contributed by atoms with Gasteiger partial charge in [0.25, 0.3) is 0 Å². The molecule has 0 atom stereocenters. The van der Waals surface area contributed by atoms with Crippen LogP contribution in [-0.4, -0.2) is 19.6 Å². The molecule has 0 unspecified atom stereocenters. The van der Waals surface area contributed by atoms with E-state index in [1.165, 1.54) is 6.40 Å². The fourth-order valence-corrected chi connectivity index (χ4v) is 0.264. The second-order valence-electron chi connectivity index (χ2n) is 0.882. The third-order valence-corrected chi connectivity index (χ3v) is 0.487. The molecule has 1 rings (SSSR count). The first-order valence-corrected chi connectivity index (χ1v) is 1.60. The molecule has 1 radical (unpaired) electrons. The van der Waals surface area contributed by atoms with Crippen molar-refractivity contribution in [1.29, 1.82) is 0 Å². The van der Waals surface area contributed by atoms with Crippen LogP contribution in [0.3, 0.4) is 0 Å². The van der Waals surface area contributed by atoms with E-state index in [2.05, 4.69) is 9.73 Å². The average Bonchev–Trinajstić information content (AvgIpc) is 1.76. The van der Waals surface area contributed by atoms with Crippen LogP contribution in [0.25, 0.3) is 0 Å². The Morgan fingerprint density at radius 1 is 1.67 bits per heavy atom. The van der Waals surface area contributed by atoms with Crippen LogP contribution in [0.5, 0.6) is 0 Å². The van der Waals surface area contributed by atoms with E-state index in [9.17, 15) is 0 Å². The number of aliphatic imine (C=N–C) groups is 1. The molecule has 0 aromatic heterocycles. The fraction of sp³-hybridized carbons (Fsp3) is 0.667. The summed E-state index contributed by atoms with van der Waals surface area (Å²) >= 11 is 0. The van der Waals surface area contributed by atoms with Gasteiger partial charge in [-0.05, 0) is 0 Å². The van der Waals surface area contributed by atoms with Gasteiger partial charge >= 0.3 is 0 Å². The number of rotatable bonds is 0. The van der Waals surface area contributed by atoms with Gasteiger partial charge < -0.3 is 4.74 Å². The molecule has 0 bridgehead atoms. The molecule has 6 heavy (non-hydrogen) atoms. The SMILES string of the molecule is C1=NCCO1.[Ir]. The van der Waals surface area contributed by atoms with E-state index in [1.807, 2.05) is 0 Å². The van der Waals surface area contributed by atoms with E-state index in [4.69, 9.17) is 0 Å². The molecule has 0 N–H and O–H groups in total. The van der Waals surface area contributed by atoms with Crippen LogP contribution in [0, 0.1) is 0 Å². The molecule has 0 amide bonds. The zero-order chi connectivity index (χ0) is 3.54. The maximum absolute atomic E-state index is 4.65. The van der Waals surface area contributed by atoms with Crippen molar-refractivity contribution in [2.24, 2.45) is 4.99 Å². The zero-order valence-corrected chi connectivity index (χ0v) is 5.58. The first-order chi connectivity index (χ1) is 2.50. The molecule has 1 heterocycles. The number of hydrogen-bond donors (Lipinski definition) is 0. The molecular weight excluding hydrogens is 258 g/mol. The normalized spacial score (nSPS) is 16.0. The summed E-state index contributed by atoms with van der Waals surface area (Å²) in [5.74, 6) is 0. The van der Waals surface area contributed by atoms with Crippen molar-refractivity contribution < 1.29 is 24.8 Å². The molecule has 0 aliphatic carbocycles. The minimum absolute atomic E-state index is 0. The second-order valence-corrected chi connectivity index (χ2v) is 0.882. The molecule has 3 heteroatoms. The van der Waals surface area contributed by atoms with Gasteiger partial charge in [-0.15, -0.1) is 0 Å². The Morgan fingerprint density at radius 3 is 2.67 bits per heavy atom. The monoisotopic (exact) mass is 264 g/mol. The van der Waals surface area contributed by atoms with Crippen LogP contribution < -0.4 is 0 Å². The van der Waals surface area contributed by atoms with Crippen LogP contribution in [0.2, 0.25) is 0 Å². The number of ether oxygens (including phenoxy) is 1. The van der Waals surface area contributed by atoms with Crippen molar-refractivity contribution in [2.75, 3.05) is 13.2 Å². The summed E-state index contributed by atoms with van der Waals surface area (Å²) in [5, 5.41) is 0. The Kier molecular flexibility index (Phi) is 3.38.